The first kappa shape index (κ1) is 11.7. The number of alkyl halides is 3. The van der Waals surface area contributed by atoms with Gasteiger partial charge in [-0.1, -0.05) is 12.1 Å². The Hall–Kier alpha value is -1.39. The third kappa shape index (κ3) is 4.10. The molecule has 1 aromatic carbocycles. The second-order valence-electron chi connectivity index (χ2n) is 3.16. The lowest BCUT2D eigenvalue weighted by molar-refractivity contribution is -0.275. The fourth-order valence-corrected chi connectivity index (χ4v) is 1.01. The zero-order valence-electron chi connectivity index (χ0n) is 8.34. The van der Waals surface area contributed by atoms with Crippen molar-refractivity contribution in [3.8, 4) is 11.5 Å². The number of para-hydroxylation sites is 2. The Morgan fingerprint density at radius 2 is 1.60 bits per heavy atom. The molecule has 0 aliphatic heterocycles. The maximum Gasteiger partial charge on any atom is 0.573 e. The molecule has 0 heterocycles. The summed E-state index contributed by atoms with van der Waals surface area (Å²) in [7, 11) is 0. The predicted octanol–water partition coefficient (Wildman–Crippen LogP) is 3.37. The van der Waals surface area contributed by atoms with Crippen molar-refractivity contribution in [3.05, 3.63) is 24.3 Å². The molecule has 0 aliphatic rings. The molecule has 0 N–H and O–H groups in total. The molecule has 0 radical (unpaired) electrons. The van der Waals surface area contributed by atoms with Crippen LogP contribution in [-0.2, 0) is 0 Å². The van der Waals surface area contributed by atoms with Crippen molar-refractivity contribution >= 4 is 0 Å². The Labute approximate surface area is 85.6 Å². The summed E-state index contributed by atoms with van der Waals surface area (Å²) < 4.78 is 44.9. The van der Waals surface area contributed by atoms with Gasteiger partial charge in [-0.25, -0.2) is 0 Å². The van der Waals surface area contributed by atoms with Crippen LogP contribution in [0.25, 0.3) is 0 Å². The zero-order valence-corrected chi connectivity index (χ0v) is 8.34. The number of rotatable bonds is 3. The quantitative estimate of drug-likeness (QED) is 0.777. The van der Waals surface area contributed by atoms with E-state index in [1.165, 1.54) is 18.2 Å². The molecule has 0 fully saturated rings. The van der Waals surface area contributed by atoms with E-state index in [-0.39, 0.29) is 17.6 Å². The lowest BCUT2D eigenvalue weighted by Crippen LogP contribution is -2.18. The van der Waals surface area contributed by atoms with E-state index in [1.54, 1.807) is 19.9 Å². The summed E-state index contributed by atoms with van der Waals surface area (Å²) in [6.07, 6.45) is -4.90. The fraction of sp³-hybridized carbons (Fsp3) is 0.400. The van der Waals surface area contributed by atoms with Gasteiger partial charge in [0, 0.05) is 0 Å². The lowest BCUT2D eigenvalue weighted by atomic mass is 10.3. The summed E-state index contributed by atoms with van der Waals surface area (Å²) >= 11 is 0. The van der Waals surface area contributed by atoms with Crippen LogP contribution in [0.15, 0.2) is 24.3 Å². The van der Waals surface area contributed by atoms with Gasteiger partial charge in [0.15, 0.2) is 11.5 Å². The van der Waals surface area contributed by atoms with Crippen LogP contribution in [0.4, 0.5) is 13.2 Å². The van der Waals surface area contributed by atoms with Crippen molar-refractivity contribution < 1.29 is 22.6 Å². The van der Waals surface area contributed by atoms with E-state index < -0.39 is 6.36 Å². The van der Waals surface area contributed by atoms with Crippen LogP contribution < -0.4 is 9.47 Å². The second kappa shape index (κ2) is 4.42. The average Bonchev–Trinajstić information content (AvgIpc) is 2.05. The normalized spacial score (nSPS) is 11.6. The number of hydrogen-bond acceptors (Lipinski definition) is 2. The Kier molecular flexibility index (Phi) is 3.44. The third-order valence-electron chi connectivity index (χ3n) is 1.44. The highest BCUT2D eigenvalue weighted by Crippen LogP contribution is 2.32. The molecule has 0 saturated carbocycles. The Bertz CT molecular complexity index is 321. The molecule has 5 heteroatoms. The van der Waals surface area contributed by atoms with Crippen molar-refractivity contribution in [3.63, 3.8) is 0 Å². The van der Waals surface area contributed by atoms with Crippen LogP contribution in [0.3, 0.4) is 0 Å². The molecule has 0 bridgehead atoms. The van der Waals surface area contributed by atoms with Crippen molar-refractivity contribution in [2.24, 2.45) is 0 Å². The topological polar surface area (TPSA) is 18.5 Å². The van der Waals surface area contributed by atoms with Gasteiger partial charge in [0.1, 0.15) is 0 Å². The third-order valence-corrected chi connectivity index (χ3v) is 1.44. The van der Waals surface area contributed by atoms with Crippen LogP contribution >= 0.6 is 0 Å². The minimum atomic E-state index is -4.70. The van der Waals surface area contributed by atoms with E-state index in [2.05, 4.69) is 4.74 Å². The molecule has 0 aliphatic carbocycles. The zero-order chi connectivity index (χ0) is 11.5. The van der Waals surface area contributed by atoms with Crippen LogP contribution in [0.1, 0.15) is 13.8 Å². The van der Waals surface area contributed by atoms with Gasteiger partial charge in [0.2, 0.25) is 0 Å². The summed E-state index contributed by atoms with van der Waals surface area (Å²) in [5.74, 6) is -0.233. The largest absolute Gasteiger partial charge is 0.573 e. The molecule has 0 spiro atoms. The smallest absolute Gasteiger partial charge is 0.487 e. The molecule has 15 heavy (non-hydrogen) atoms. The van der Waals surface area contributed by atoms with Crippen molar-refractivity contribution in [2.45, 2.75) is 26.3 Å². The van der Waals surface area contributed by atoms with Crippen LogP contribution in [0.5, 0.6) is 11.5 Å². The number of hydrogen-bond donors (Lipinski definition) is 0. The SMILES string of the molecule is CC(C)Oc1ccccc1OC(F)(F)F. The molecule has 2 nitrogen and oxygen atoms in total. The molecule has 0 amide bonds. The predicted molar refractivity (Wildman–Crippen MR) is 48.9 cm³/mol. The highest BCUT2D eigenvalue weighted by Gasteiger charge is 2.32. The maximum atomic E-state index is 12.0. The number of ether oxygens (including phenoxy) is 2. The lowest BCUT2D eigenvalue weighted by Gasteiger charge is -2.15. The Balaban J connectivity index is 2.86. The Morgan fingerprint density at radius 1 is 1.07 bits per heavy atom. The second-order valence-corrected chi connectivity index (χ2v) is 3.16. The van der Waals surface area contributed by atoms with Crippen LogP contribution in [-0.4, -0.2) is 12.5 Å². The first-order valence-corrected chi connectivity index (χ1v) is 4.40. The first-order chi connectivity index (χ1) is 6.88. The van der Waals surface area contributed by atoms with Crippen molar-refractivity contribution in [1.29, 1.82) is 0 Å². The van der Waals surface area contributed by atoms with E-state index in [1.807, 2.05) is 0 Å². The van der Waals surface area contributed by atoms with E-state index >= 15 is 0 Å². The molecule has 0 unspecified atom stereocenters. The van der Waals surface area contributed by atoms with E-state index in [9.17, 15) is 13.2 Å². The summed E-state index contributed by atoms with van der Waals surface area (Å²) in [5.41, 5.74) is 0. The Morgan fingerprint density at radius 3 is 2.07 bits per heavy atom. The summed E-state index contributed by atoms with van der Waals surface area (Å²) in [4.78, 5) is 0. The van der Waals surface area contributed by atoms with Crippen molar-refractivity contribution in [2.75, 3.05) is 0 Å². The van der Waals surface area contributed by atoms with Gasteiger partial charge >= 0.3 is 6.36 Å². The standard InChI is InChI=1S/C10H11F3O2/c1-7(2)14-8-5-3-4-6-9(8)15-10(11,12)13/h3-7H,1-2H3. The highest BCUT2D eigenvalue weighted by atomic mass is 19.4. The molecule has 0 saturated heterocycles. The van der Waals surface area contributed by atoms with Crippen LogP contribution in [0, 0.1) is 0 Å². The van der Waals surface area contributed by atoms with Gasteiger partial charge in [0.25, 0.3) is 0 Å². The highest BCUT2D eigenvalue weighted by molar-refractivity contribution is 5.39. The van der Waals surface area contributed by atoms with Gasteiger partial charge in [-0.3, -0.25) is 0 Å². The average molecular weight is 220 g/mol. The van der Waals surface area contributed by atoms with E-state index in [4.69, 9.17) is 4.74 Å². The van der Waals surface area contributed by atoms with E-state index in [0.717, 1.165) is 0 Å². The minimum absolute atomic E-state index is 0.0878. The minimum Gasteiger partial charge on any atom is -0.487 e. The molecule has 84 valence electrons. The molecular formula is C10H11F3O2. The summed E-state index contributed by atoms with van der Waals surface area (Å²) in [5, 5.41) is 0. The first-order valence-electron chi connectivity index (χ1n) is 4.40. The molecule has 0 aromatic heterocycles. The molecular weight excluding hydrogens is 209 g/mol. The fourth-order valence-electron chi connectivity index (χ4n) is 1.01. The van der Waals surface area contributed by atoms with E-state index in [0.29, 0.717) is 0 Å². The monoisotopic (exact) mass is 220 g/mol. The van der Waals surface area contributed by atoms with Gasteiger partial charge in [-0.15, -0.1) is 13.2 Å². The summed E-state index contributed by atoms with van der Waals surface area (Å²) in [6, 6.07) is 5.68. The van der Waals surface area contributed by atoms with Crippen LogP contribution in [0.2, 0.25) is 0 Å². The van der Waals surface area contributed by atoms with Gasteiger partial charge in [0.05, 0.1) is 6.10 Å². The molecule has 1 aromatic rings. The summed E-state index contributed by atoms with van der Waals surface area (Å²) in [6.45, 7) is 3.45. The molecule has 1 rings (SSSR count). The van der Waals surface area contributed by atoms with Gasteiger partial charge in [-0.2, -0.15) is 0 Å². The molecule has 0 atom stereocenters. The maximum absolute atomic E-state index is 12.0. The number of halogens is 3. The van der Waals surface area contributed by atoms with Gasteiger partial charge in [-0.05, 0) is 26.0 Å². The van der Waals surface area contributed by atoms with Gasteiger partial charge < -0.3 is 9.47 Å². The number of benzene rings is 1. The van der Waals surface area contributed by atoms with Crippen molar-refractivity contribution in [1.82, 2.24) is 0 Å².